The summed E-state index contributed by atoms with van der Waals surface area (Å²) in [7, 11) is 0. The maximum atomic E-state index is 3.76. The van der Waals surface area contributed by atoms with Crippen molar-refractivity contribution in [2.75, 3.05) is 6.54 Å². The molecule has 0 aromatic heterocycles. The average molecular weight is 123 g/mol. The van der Waals surface area contributed by atoms with E-state index in [-0.39, 0.29) is 0 Å². The molecule has 0 spiro atoms. The van der Waals surface area contributed by atoms with Crippen LogP contribution < -0.4 is 5.32 Å². The molecule has 50 valence electrons. The molecular weight excluding hydrogens is 110 g/mol. The van der Waals surface area contributed by atoms with E-state index in [2.05, 4.69) is 11.9 Å². The van der Waals surface area contributed by atoms with E-state index in [9.17, 15) is 0 Å². The van der Waals surface area contributed by atoms with Crippen LogP contribution in [-0.4, -0.2) is 12.1 Å². The molecule has 2 atom stereocenters. The molecule has 1 saturated carbocycles. The van der Waals surface area contributed by atoms with Crippen molar-refractivity contribution in [3.8, 4) is 0 Å². The first-order chi connectivity index (χ1) is 4.37. The highest BCUT2D eigenvalue weighted by Gasteiger charge is 2.55. The molecule has 1 heterocycles. The van der Waals surface area contributed by atoms with Crippen LogP contribution in [0.1, 0.15) is 19.3 Å². The molecule has 0 aromatic carbocycles. The smallest absolute Gasteiger partial charge is 0.0248 e. The molecule has 2 aliphatic rings. The van der Waals surface area contributed by atoms with E-state index < -0.39 is 0 Å². The molecule has 1 aliphatic carbocycles. The highest BCUT2D eigenvalue weighted by atomic mass is 15.1. The number of hydrogen-bond acceptors (Lipinski definition) is 1. The molecule has 1 N–H and O–H groups in total. The summed E-state index contributed by atoms with van der Waals surface area (Å²) in [4.78, 5) is 0. The quantitative estimate of drug-likeness (QED) is 0.546. The third-order valence-corrected chi connectivity index (χ3v) is 2.71. The van der Waals surface area contributed by atoms with Gasteiger partial charge >= 0.3 is 0 Å². The Morgan fingerprint density at radius 3 is 3.11 bits per heavy atom. The molecule has 1 heteroatoms. The minimum atomic E-state index is 0.543. The Hall–Kier alpha value is -0.300. The van der Waals surface area contributed by atoms with Crippen LogP contribution in [0.4, 0.5) is 0 Å². The third kappa shape index (κ3) is 0.645. The van der Waals surface area contributed by atoms with Crippen LogP contribution in [0.15, 0.2) is 12.7 Å². The molecule has 0 bridgehead atoms. The first-order valence-electron chi connectivity index (χ1n) is 3.73. The summed E-state index contributed by atoms with van der Waals surface area (Å²) in [6.45, 7) is 4.99. The van der Waals surface area contributed by atoms with Crippen molar-refractivity contribution >= 4 is 0 Å². The van der Waals surface area contributed by atoms with Gasteiger partial charge in [-0.25, -0.2) is 0 Å². The molecule has 2 fully saturated rings. The highest BCUT2D eigenvalue weighted by molar-refractivity contribution is 5.16. The van der Waals surface area contributed by atoms with Crippen molar-refractivity contribution in [3.05, 3.63) is 12.7 Å². The Morgan fingerprint density at radius 2 is 2.67 bits per heavy atom. The van der Waals surface area contributed by atoms with Crippen LogP contribution in [0.3, 0.4) is 0 Å². The maximum Gasteiger partial charge on any atom is 0.0248 e. The lowest BCUT2D eigenvalue weighted by atomic mass is 10.1. The standard InChI is InChI=1S/C8H13N/c1-2-4-8-6-7(8)3-5-9-8/h2,7,9H,1,3-6H2. The summed E-state index contributed by atoms with van der Waals surface area (Å²) < 4.78 is 0. The Labute approximate surface area is 56.1 Å². The normalized spacial score (nSPS) is 46.4. The van der Waals surface area contributed by atoms with Crippen LogP contribution in [0.25, 0.3) is 0 Å². The lowest BCUT2D eigenvalue weighted by Crippen LogP contribution is -2.26. The Balaban J connectivity index is 2.02. The molecule has 0 amide bonds. The van der Waals surface area contributed by atoms with E-state index in [1.165, 1.54) is 25.8 Å². The predicted octanol–water partition coefficient (Wildman–Crippen LogP) is 1.31. The lowest BCUT2D eigenvalue weighted by Gasteiger charge is -2.08. The van der Waals surface area contributed by atoms with Gasteiger partial charge in [-0.3, -0.25) is 0 Å². The summed E-state index contributed by atoms with van der Waals surface area (Å²) in [5, 5.41) is 3.54. The molecule has 1 saturated heterocycles. The lowest BCUT2D eigenvalue weighted by molar-refractivity contribution is 0.555. The minimum Gasteiger partial charge on any atom is -0.311 e. The first-order valence-corrected chi connectivity index (χ1v) is 3.73. The topological polar surface area (TPSA) is 12.0 Å². The largest absolute Gasteiger partial charge is 0.311 e. The summed E-state index contributed by atoms with van der Waals surface area (Å²) in [6.07, 6.45) is 6.02. The summed E-state index contributed by atoms with van der Waals surface area (Å²) >= 11 is 0. The van der Waals surface area contributed by atoms with Gasteiger partial charge in [0.2, 0.25) is 0 Å². The second kappa shape index (κ2) is 1.60. The second-order valence-corrected chi connectivity index (χ2v) is 3.27. The van der Waals surface area contributed by atoms with Gasteiger partial charge in [0.15, 0.2) is 0 Å². The van der Waals surface area contributed by atoms with Crippen molar-refractivity contribution < 1.29 is 0 Å². The summed E-state index contributed by atoms with van der Waals surface area (Å²) in [5.74, 6) is 0.996. The van der Waals surface area contributed by atoms with Gasteiger partial charge in [0, 0.05) is 5.54 Å². The van der Waals surface area contributed by atoms with Crippen LogP contribution in [-0.2, 0) is 0 Å². The zero-order valence-corrected chi connectivity index (χ0v) is 5.69. The van der Waals surface area contributed by atoms with E-state index in [0.717, 1.165) is 5.92 Å². The Bertz CT molecular complexity index is 142. The minimum absolute atomic E-state index is 0.543. The zero-order chi connectivity index (χ0) is 6.32. The molecule has 0 aromatic rings. The van der Waals surface area contributed by atoms with E-state index in [1.54, 1.807) is 0 Å². The fourth-order valence-corrected chi connectivity index (χ4v) is 2.05. The van der Waals surface area contributed by atoms with Crippen molar-refractivity contribution in [2.24, 2.45) is 5.92 Å². The van der Waals surface area contributed by atoms with Crippen LogP contribution in [0.2, 0.25) is 0 Å². The van der Waals surface area contributed by atoms with Gasteiger partial charge in [-0.15, -0.1) is 6.58 Å². The van der Waals surface area contributed by atoms with Gasteiger partial charge in [0.1, 0.15) is 0 Å². The van der Waals surface area contributed by atoms with Gasteiger partial charge in [0.25, 0.3) is 0 Å². The number of nitrogens with one attached hydrogen (secondary N) is 1. The first kappa shape index (κ1) is 5.48. The monoisotopic (exact) mass is 123 g/mol. The van der Waals surface area contributed by atoms with Gasteiger partial charge in [0.05, 0.1) is 0 Å². The fraction of sp³-hybridized carbons (Fsp3) is 0.750. The van der Waals surface area contributed by atoms with E-state index in [4.69, 9.17) is 0 Å². The molecule has 9 heavy (non-hydrogen) atoms. The average Bonchev–Trinajstić information content (AvgIpc) is 2.37. The highest BCUT2D eigenvalue weighted by Crippen LogP contribution is 2.51. The Kier molecular flexibility index (Phi) is 0.974. The van der Waals surface area contributed by atoms with Crippen molar-refractivity contribution in [3.63, 3.8) is 0 Å². The number of rotatable bonds is 2. The number of hydrogen-bond donors (Lipinski definition) is 1. The van der Waals surface area contributed by atoms with Gasteiger partial charge in [-0.05, 0) is 31.7 Å². The number of piperidine rings is 1. The SMILES string of the molecule is C=CCC12CC1CCN2. The summed E-state index contributed by atoms with van der Waals surface area (Å²) in [5.41, 5.74) is 0.543. The van der Waals surface area contributed by atoms with Crippen LogP contribution >= 0.6 is 0 Å². The molecule has 1 aliphatic heterocycles. The fourth-order valence-electron chi connectivity index (χ4n) is 2.05. The molecule has 1 nitrogen and oxygen atoms in total. The Morgan fingerprint density at radius 1 is 1.78 bits per heavy atom. The van der Waals surface area contributed by atoms with Gasteiger partial charge in [-0.2, -0.15) is 0 Å². The predicted molar refractivity (Wildman–Crippen MR) is 38.3 cm³/mol. The van der Waals surface area contributed by atoms with Crippen molar-refractivity contribution in [2.45, 2.75) is 24.8 Å². The summed E-state index contributed by atoms with van der Waals surface area (Å²) in [6, 6.07) is 0. The van der Waals surface area contributed by atoms with E-state index in [0.29, 0.717) is 5.54 Å². The number of fused-ring (bicyclic) bond motifs is 1. The maximum absolute atomic E-state index is 3.76. The van der Waals surface area contributed by atoms with Crippen LogP contribution in [0, 0.1) is 5.92 Å². The molecule has 0 radical (unpaired) electrons. The van der Waals surface area contributed by atoms with Crippen molar-refractivity contribution in [1.29, 1.82) is 0 Å². The van der Waals surface area contributed by atoms with Crippen LogP contribution in [0.5, 0.6) is 0 Å². The molecule has 2 unspecified atom stereocenters. The van der Waals surface area contributed by atoms with Gasteiger partial charge in [-0.1, -0.05) is 6.08 Å². The third-order valence-electron chi connectivity index (χ3n) is 2.71. The van der Waals surface area contributed by atoms with Gasteiger partial charge < -0.3 is 5.32 Å². The van der Waals surface area contributed by atoms with E-state index >= 15 is 0 Å². The van der Waals surface area contributed by atoms with E-state index in [1.807, 2.05) is 6.08 Å². The molecular formula is C8H13N. The molecule has 2 rings (SSSR count). The zero-order valence-electron chi connectivity index (χ0n) is 5.69. The van der Waals surface area contributed by atoms with Crippen molar-refractivity contribution in [1.82, 2.24) is 5.32 Å². The second-order valence-electron chi connectivity index (χ2n) is 3.27.